The molecule has 0 spiro atoms. The lowest BCUT2D eigenvalue weighted by atomic mass is 9.97. The molecule has 0 aliphatic carbocycles. The molecule has 0 saturated heterocycles. The molecule has 5 nitrogen and oxygen atoms in total. The van der Waals surface area contributed by atoms with E-state index in [4.69, 9.17) is 24.9 Å². The molecule has 0 aliphatic rings. The van der Waals surface area contributed by atoms with Gasteiger partial charge >= 0.3 is 0 Å². The predicted octanol–water partition coefficient (Wildman–Crippen LogP) is 14.9. The van der Waals surface area contributed by atoms with Gasteiger partial charge in [0.05, 0.1) is 24.9 Å². The maximum Gasteiger partial charge on any atom is 0.164 e. The third kappa shape index (κ3) is 6.06. The summed E-state index contributed by atoms with van der Waals surface area (Å²) in [7, 11) is 0. The van der Waals surface area contributed by atoms with Crippen molar-refractivity contribution in [2.45, 2.75) is 0 Å². The number of para-hydroxylation sites is 4. The van der Waals surface area contributed by atoms with Crippen LogP contribution >= 0.6 is 0 Å². The van der Waals surface area contributed by atoms with E-state index >= 15 is 0 Å². The number of fused-ring (bicyclic) bond motifs is 6. The number of furan rings is 1. The van der Waals surface area contributed by atoms with Crippen LogP contribution in [0.2, 0.25) is 0 Å². The maximum absolute atomic E-state index is 9.62. The molecule has 9 aromatic carbocycles. The van der Waals surface area contributed by atoms with Gasteiger partial charge in [-0.3, -0.25) is 0 Å². The molecule has 3 aromatic heterocycles. The monoisotopic (exact) mass is 798 g/mol. The van der Waals surface area contributed by atoms with E-state index in [0.717, 1.165) is 55.2 Å². The molecule has 0 aliphatic heterocycles. The molecule has 0 bridgehead atoms. The maximum atomic E-state index is 9.62. The van der Waals surface area contributed by atoms with Crippen molar-refractivity contribution in [3.05, 3.63) is 218 Å². The van der Waals surface area contributed by atoms with Crippen LogP contribution in [0.4, 0.5) is 0 Å². The smallest absolute Gasteiger partial charge is 0.164 e. The highest BCUT2D eigenvalue weighted by Gasteiger charge is 2.21. The minimum Gasteiger partial charge on any atom is -0.455 e. The first-order chi connectivity index (χ1) is 33.2. The van der Waals surface area contributed by atoms with Crippen molar-refractivity contribution < 1.29 is 12.6 Å². The predicted molar refractivity (Wildman–Crippen MR) is 254 cm³/mol. The molecule has 0 radical (unpaired) electrons. The van der Waals surface area contributed by atoms with Gasteiger partial charge in [-0.15, -0.1) is 0 Å². The van der Waals surface area contributed by atoms with Gasteiger partial charge in [0.1, 0.15) is 11.2 Å². The Bertz CT molecular complexity index is 3930. The lowest BCUT2D eigenvalue weighted by Gasteiger charge is -2.16. The average Bonchev–Trinajstić information content (AvgIpc) is 3.95. The van der Waals surface area contributed by atoms with Crippen LogP contribution in [0.15, 0.2) is 223 Å². The summed E-state index contributed by atoms with van der Waals surface area (Å²) in [4.78, 5) is 15.4. The van der Waals surface area contributed by atoms with Gasteiger partial charge in [-0.25, -0.2) is 15.0 Å². The Labute approximate surface area is 366 Å². The van der Waals surface area contributed by atoms with Crippen LogP contribution in [0.5, 0.6) is 0 Å². The molecule has 12 aromatic rings. The zero-order chi connectivity index (χ0) is 46.2. The fraction of sp³-hybridized carbons (Fsp3) is 0. The summed E-state index contributed by atoms with van der Waals surface area (Å²) < 4.78 is 62.8. The van der Waals surface area contributed by atoms with Gasteiger partial charge in [-0.1, -0.05) is 176 Å². The molecule has 0 atom stereocenters. The molecule has 0 fully saturated rings. The fourth-order valence-corrected chi connectivity index (χ4v) is 8.49. The summed E-state index contributed by atoms with van der Waals surface area (Å²) in [5.41, 5.74) is 9.55. The minimum atomic E-state index is -0.378. The highest BCUT2D eigenvalue weighted by atomic mass is 16.3. The lowest BCUT2D eigenvalue weighted by Crippen LogP contribution is -2.02. The SMILES string of the molecule is [2H]c1cc([2H])c2oc3c(-c4cc(-c5nc(-c6ccc(-c7ccccc7)cc6)nc(-c6cccc(-c7ccccc7)c6)n5)ccc4-n4c5ccccc5c5ccccc54)c([2H])c([2H])c([2H])c3c2c1[2H]. The van der Waals surface area contributed by atoms with Gasteiger partial charge in [0.15, 0.2) is 17.5 Å². The number of hydrogen-bond acceptors (Lipinski definition) is 4. The van der Waals surface area contributed by atoms with Crippen LogP contribution in [-0.2, 0) is 0 Å². The van der Waals surface area contributed by atoms with E-state index in [9.17, 15) is 2.74 Å². The molecule has 0 unspecified atom stereocenters. The Morgan fingerprint density at radius 2 is 0.903 bits per heavy atom. The van der Waals surface area contributed by atoms with Crippen LogP contribution < -0.4 is 0 Å². The highest BCUT2D eigenvalue weighted by molar-refractivity contribution is 6.12. The summed E-state index contributed by atoms with van der Waals surface area (Å²) in [6.45, 7) is 0. The molecular formula is C57H36N4O. The molecule has 0 N–H and O–H groups in total. The average molecular weight is 799 g/mol. The summed E-state index contributed by atoms with van der Waals surface area (Å²) in [5, 5.41) is 2.23. The summed E-state index contributed by atoms with van der Waals surface area (Å²) in [5.74, 6) is 1.26. The number of aromatic nitrogens is 4. The second kappa shape index (κ2) is 14.7. The van der Waals surface area contributed by atoms with Crippen molar-refractivity contribution in [1.29, 1.82) is 0 Å². The van der Waals surface area contributed by atoms with E-state index in [0.29, 0.717) is 34.3 Å². The third-order valence-corrected chi connectivity index (χ3v) is 11.4. The molecule has 0 saturated carbocycles. The van der Waals surface area contributed by atoms with Gasteiger partial charge in [-0.2, -0.15) is 0 Å². The Balaban J connectivity index is 1.14. The van der Waals surface area contributed by atoms with Gasteiger partial charge < -0.3 is 8.98 Å². The molecule has 12 rings (SSSR count). The van der Waals surface area contributed by atoms with Crippen LogP contribution in [0.3, 0.4) is 0 Å². The molecule has 290 valence electrons. The fourth-order valence-electron chi connectivity index (χ4n) is 8.49. The van der Waals surface area contributed by atoms with Crippen molar-refractivity contribution >= 4 is 43.7 Å². The number of benzene rings is 9. The van der Waals surface area contributed by atoms with E-state index in [1.54, 1.807) is 0 Å². The standard InChI is InChI=1S/C57H36N4O/c1-3-15-37(16-4-1)39-29-31-40(32-30-39)55-58-56(42-20-13-19-41(35-42)38-17-5-2-6-18-38)60-57(59-55)43-33-34-52(61-50-26-10-7-21-44(50)45-22-8-11-27-51(45)61)49(36-43)48-25-14-24-47-46-23-9-12-28-53(46)62-54(47)48/h1-36H/i9D,14D,23D,24D,25D,28D. The second-order valence-corrected chi connectivity index (χ2v) is 15.1. The topological polar surface area (TPSA) is 56.7 Å². The van der Waals surface area contributed by atoms with Crippen LogP contribution in [0.1, 0.15) is 8.22 Å². The number of rotatable bonds is 7. The highest BCUT2D eigenvalue weighted by Crippen LogP contribution is 2.42. The Hall–Kier alpha value is -8.41. The van der Waals surface area contributed by atoms with Crippen LogP contribution in [-0.4, -0.2) is 19.5 Å². The van der Waals surface area contributed by atoms with Crippen molar-refractivity contribution in [2.75, 3.05) is 0 Å². The summed E-state index contributed by atoms with van der Waals surface area (Å²) in [6.07, 6.45) is 0. The van der Waals surface area contributed by atoms with Crippen molar-refractivity contribution in [3.8, 4) is 73.2 Å². The third-order valence-electron chi connectivity index (χ3n) is 11.4. The minimum absolute atomic E-state index is 0.0121. The molecule has 5 heteroatoms. The Morgan fingerprint density at radius 3 is 1.61 bits per heavy atom. The second-order valence-electron chi connectivity index (χ2n) is 15.1. The summed E-state index contributed by atoms with van der Waals surface area (Å²) >= 11 is 0. The lowest BCUT2D eigenvalue weighted by molar-refractivity contribution is 0.670. The van der Waals surface area contributed by atoms with Crippen molar-refractivity contribution in [1.82, 2.24) is 19.5 Å². The zero-order valence-corrected chi connectivity index (χ0v) is 33.0. The first-order valence-electron chi connectivity index (χ1n) is 23.4. The number of nitrogens with zero attached hydrogens (tertiary/aromatic N) is 4. The quantitative estimate of drug-likeness (QED) is 0.161. The first kappa shape index (κ1) is 29.7. The van der Waals surface area contributed by atoms with Gasteiger partial charge in [0.25, 0.3) is 0 Å². The van der Waals surface area contributed by atoms with Crippen molar-refractivity contribution in [3.63, 3.8) is 0 Å². The van der Waals surface area contributed by atoms with E-state index in [1.165, 1.54) is 6.07 Å². The van der Waals surface area contributed by atoms with E-state index < -0.39 is 0 Å². The van der Waals surface area contributed by atoms with Crippen LogP contribution in [0, 0.1) is 0 Å². The van der Waals surface area contributed by atoms with Gasteiger partial charge in [0, 0.05) is 49.4 Å². The molecule has 3 heterocycles. The van der Waals surface area contributed by atoms with Crippen LogP contribution in [0.25, 0.3) is 117 Å². The van der Waals surface area contributed by atoms with E-state index in [1.807, 2.05) is 115 Å². The van der Waals surface area contributed by atoms with E-state index in [-0.39, 0.29) is 63.8 Å². The number of hydrogen-bond donors (Lipinski definition) is 0. The molecule has 62 heavy (non-hydrogen) atoms. The van der Waals surface area contributed by atoms with Gasteiger partial charge in [-0.05, 0) is 64.7 Å². The zero-order valence-electron chi connectivity index (χ0n) is 39.0. The molecule has 0 amide bonds. The Kier molecular flexibility index (Phi) is 7.05. The Morgan fingerprint density at radius 1 is 0.371 bits per heavy atom. The summed E-state index contributed by atoms with van der Waals surface area (Å²) in [6, 6.07) is 58.2. The van der Waals surface area contributed by atoms with Gasteiger partial charge in [0.2, 0.25) is 0 Å². The van der Waals surface area contributed by atoms with Crippen molar-refractivity contribution in [2.24, 2.45) is 0 Å². The first-order valence-corrected chi connectivity index (χ1v) is 20.4. The largest absolute Gasteiger partial charge is 0.455 e. The van der Waals surface area contributed by atoms with E-state index in [2.05, 4.69) is 65.2 Å². The normalized spacial score (nSPS) is 12.9. The molecular weight excluding hydrogens is 757 g/mol.